The van der Waals surface area contributed by atoms with E-state index in [1.165, 1.54) is 57.5 Å². The van der Waals surface area contributed by atoms with E-state index in [9.17, 15) is 4.39 Å². The highest BCUT2D eigenvalue weighted by Gasteiger charge is 2.19. The molecule has 0 amide bonds. The van der Waals surface area contributed by atoms with Crippen molar-refractivity contribution in [1.82, 2.24) is 9.88 Å². The molecule has 4 heteroatoms. The summed E-state index contributed by atoms with van der Waals surface area (Å²) in [6.45, 7) is 5.51. The summed E-state index contributed by atoms with van der Waals surface area (Å²) in [5.74, 6) is 0.0183. The summed E-state index contributed by atoms with van der Waals surface area (Å²) in [4.78, 5) is 6.63. The van der Waals surface area contributed by atoms with Gasteiger partial charge in [0.25, 0.3) is 0 Å². The van der Waals surface area contributed by atoms with Crippen molar-refractivity contribution in [3.63, 3.8) is 0 Å². The van der Waals surface area contributed by atoms with Crippen LogP contribution < -0.4 is 5.73 Å². The number of pyridine rings is 1. The monoisotopic (exact) mass is 279 g/mol. The molecular weight excluding hydrogens is 253 g/mol. The second-order valence-corrected chi connectivity index (χ2v) is 5.97. The number of hydrogen-bond donors (Lipinski definition) is 1. The topological polar surface area (TPSA) is 42.1 Å². The Morgan fingerprint density at radius 3 is 2.45 bits per heavy atom. The van der Waals surface area contributed by atoms with Crippen molar-refractivity contribution in [2.45, 2.75) is 45.1 Å². The molecule has 2 N–H and O–H groups in total. The molecular formula is C16H26FN3. The zero-order valence-electron chi connectivity index (χ0n) is 12.4. The van der Waals surface area contributed by atoms with Crippen molar-refractivity contribution in [2.24, 2.45) is 11.7 Å². The third kappa shape index (κ3) is 4.53. The van der Waals surface area contributed by atoms with Crippen molar-refractivity contribution in [2.75, 3.05) is 19.6 Å². The van der Waals surface area contributed by atoms with E-state index in [-0.39, 0.29) is 11.9 Å². The van der Waals surface area contributed by atoms with Crippen LogP contribution in [0.25, 0.3) is 0 Å². The van der Waals surface area contributed by atoms with Crippen molar-refractivity contribution in [3.8, 4) is 0 Å². The molecule has 1 aromatic rings. The second-order valence-electron chi connectivity index (χ2n) is 5.97. The maximum atomic E-state index is 12.9. The van der Waals surface area contributed by atoms with Gasteiger partial charge in [-0.15, -0.1) is 0 Å². The lowest BCUT2D eigenvalue weighted by Crippen LogP contribution is -2.35. The molecule has 0 saturated carbocycles. The number of halogens is 1. The molecule has 1 fully saturated rings. The molecule has 3 nitrogen and oxygen atoms in total. The van der Waals surface area contributed by atoms with E-state index < -0.39 is 0 Å². The summed E-state index contributed by atoms with van der Waals surface area (Å²) >= 11 is 0. The Labute approximate surface area is 121 Å². The normalized spacial score (nSPS) is 20.9. The molecule has 2 atom stereocenters. The largest absolute Gasteiger partial charge is 0.322 e. The van der Waals surface area contributed by atoms with Gasteiger partial charge in [0.05, 0.1) is 17.9 Å². The van der Waals surface area contributed by atoms with Crippen LogP contribution in [0.2, 0.25) is 0 Å². The predicted octanol–water partition coefficient (Wildman–Crippen LogP) is 3.12. The Morgan fingerprint density at radius 1 is 1.20 bits per heavy atom. The van der Waals surface area contributed by atoms with Crippen LogP contribution in [0.4, 0.5) is 4.39 Å². The smallest absolute Gasteiger partial charge is 0.141 e. The average molecular weight is 279 g/mol. The minimum Gasteiger partial charge on any atom is -0.322 e. The second kappa shape index (κ2) is 7.70. The quantitative estimate of drug-likeness (QED) is 0.920. The van der Waals surface area contributed by atoms with Gasteiger partial charge in [-0.25, -0.2) is 4.39 Å². The SMILES string of the molecule is CC(CN1CCCCCCC1)C(N)c1ccc(F)cn1. The molecule has 0 radical (unpaired) electrons. The lowest BCUT2D eigenvalue weighted by molar-refractivity contribution is 0.204. The van der Waals surface area contributed by atoms with Gasteiger partial charge >= 0.3 is 0 Å². The number of rotatable bonds is 4. The minimum atomic E-state index is -0.308. The fourth-order valence-electron chi connectivity index (χ4n) is 2.89. The molecule has 112 valence electrons. The first-order chi connectivity index (χ1) is 9.66. The standard InChI is InChI=1S/C16H26FN3/c1-13(12-20-9-5-3-2-4-6-10-20)16(18)15-8-7-14(17)11-19-15/h7-8,11,13,16H,2-6,9-10,12,18H2,1H3. The third-order valence-corrected chi connectivity index (χ3v) is 4.20. The van der Waals surface area contributed by atoms with Crippen LogP contribution in [-0.4, -0.2) is 29.5 Å². The Bertz CT molecular complexity index is 385. The van der Waals surface area contributed by atoms with Crippen LogP contribution in [0, 0.1) is 11.7 Å². The molecule has 1 aliphatic rings. The molecule has 1 saturated heterocycles. The zero-order valence-corrected chi connectivity index (χ0v) is 12.4. The number of hydrogen-bond acceptors (Lipinski definition) is 3. The van der Waals surface area contributed by atoms with Gasteiger partial charge in [0, 0.05) is 6.54 Å². The number of aromatic nitrogens is 1. The van der Waals surface area contributed by atoms with Crippen LogP contribution in [0.1, 0.15) is 50.8 Å². The molecule has 2 heterocycles. The minimum absolute atomic E-state index is 0.124. The van der Waals surface area contributed by atoms with Crippen LogP contribution in [0.5, 0.6) is 0 Å². The summed E-state index contributed by atoms with van der Waals surface area (Å²) in [6.07, 6.45) is 7.89. The highest BCUT2D eigenvalue weighted by Crippen LogP contribution is 2.20. The summed E-state index contributed by atoms with van der Waals surface area (Å²) in [7, 11) is 0. The molecule has 0 spiro atoms. The average Bonchev–Trinajstić information content (AvgIpc) is 2.41. The highest BCUT2D eigenvalue weighted by molar-refractivity contribution is 5.10. The van der Waals surface area contributed by atoms with Crippen LogP contribution in [-0.2, 0) is 0 Å². The first-order valence-corrected chi connectivity index (χ1v) is 7.76. The van der Waals surface area contributed by atoms with Gasteiger partial charge in [-0.1, -0.05) is 26.2 Å². The third-order valence-electron chi connectivity index (χ3n) is 4.20. The van der Waals surface area contributed by atoms with Crippen molar-refractivity contribution >= 4 is 0 Å². The van der Waals surface area contributed by atoms with Gasteiger partial charge in [-0.2, -0.15) is 0 Å². The van der Waals surface area contributed by atoms with Gasteiger partial charge < -0.3 is 10.6 Å². The van der Waals surface area contributed by atoms with Crippen molar-refractivity contribution < 1.29 is 4.39 Å². The lowest BCUT2D eigenvalue weighted by Gasteiger charge is -2.29. The Hall–Kier alpha value is -1.00. The number of nitrogens with two attached hydrogens (primary N) is 1. The maximum absolute atomic E-state index is 12.9. The molecule has 2 rings (SSSR count). The Kier molecular flexibility index (Phi) is 5.92. The molecule has 1 aliphatic heterocycles. The molecule has 1 aromatic heterocycles. The number of nitrogens with zero attached hydrogens (tertiary/aromatic N) is 2. The van der Waals surface area contributed by atoms with E-state index in [2.05, 4.69) is 16.8 Å². The van der Waals surface area contributed by atoms with Gasteiger partial charge in [0.15, 0.2) is 0 Å². The zero-order chi connectivity index (χ0) is 14.4. The van der Waals surface area contributed by atoms with Gasteiger partial charge in [-0.3, -0.25) is 4.98 Å². The molecule has 0 aromatic carbocycles. The van der Waals surface area contributed by atoms with Crippen LogP contribution in [0.3, 0.4) is 0 Å². The van der Waals surface area contributed by atoms with E-state index >= 15 is 0 Å². The first-order valence-electron chi connectivity index (χ1n) is 7.76. The summed E-state index contributed by atoms with van der Waals surface area (Å²) in [6, 6.07) is 3.01. The lowest BCUT2D eigenvalue weighted by atomic mass is 9.97. The first kappa shape index (κ1) is 15.4. The predicted molar refractivity (Wildman–Crippen MR) is 79.8 cm³/mol. The van der Waals surface area contributed by atoms with E-state index in [0.29, 0.717) is 5.92 Å². The van der Waals surface area contributed by atoms with Gasteiger partial charge in [-0.05, 0) is 44.0 Å². The van der Waals surface area contributed by atoms with E-state index in [4.69, 9.17) is 5.73 Å². The van der Waals surface area contributed by atoms with Crippen molar-refractivity contribution in [3.05, 3.63) is 29.8 Å². The maximum Gasteiger partial charge on any atom is 0.141 e. The highest BCUT2D eigenvalue weighted by atomic mass is 19.1. The molecule has 20 heavy (non-hydrogen) atoms. The van der Waals surface area contributed by atoms with Crippen molar-refractivity contribution in [1.29, 1.82) is 0 Å². The summed E-state index contributed by atoms with van der Waals surface area (Å²) in [5.41, 5.74) is 7.05. The molecule has 2 unspecified atom stereocenters. The van der Waals surface area contributed by atoms with E-state index in [1.807, 2.05) is 0 Å². The fraction of sp³-hybridized carbons (Fsp3) is 0.688. The summed E-state index contributed by atoms with van der Waals surface area (Å²) < 4.78 is 12.9. The van der Waals surface area contributed by atoms with Gasteiger partial charge in [0.1, 0.15) is 5.82 Å². The van der Waals surface area contributed by atoms with Crippen LogP contribution >= 0.6 is 0 Å². The Morgan fingerprint density at radius 2 is 1.85 bits per heavy atom. The molecule has 0 aliphatic carbocycles. The number of likely N-dealkylation sites (tertiary alicyclic amines) is 1. The van der Waals surface area contributed by atoms with E-state index in [0.717, 1.165) is 12.2 Å². The van der Waals surface area contributed by atoms with E-state index in [1.54, 1.807) is 6.07 Å². The Balaban J connectivity index is 1.89. The molecule has 0 bridgehead atoms. The fourth-order valence-corrected chi connectivity index (χ4v) is 2.89. The van der Waals surface area contributed by atoms with Gasteiger partial charge in [0.2, 0.25) is 0 Å². The summed E-state index contributed by atoms with van der Waals surface area (Å²) in [5, 5.41) is 0. The van der Waals surface area contributed by atoms with Crippen LogP contribution in [0.15, 0.2) is 18.3 Å².